The highest BCUT2D eigenvalue weighted by atomic mass is 32.1. The minimum atomic E-state index is -0.562. The molecule has 4 atom stereocenters. The number of anilines is 1. The molecule has 4 aliphatic rings. The van der Waals surface area contributed by atoms with Gasteiger partial charge in [-0.3, -0.25) is 14.4 Å². The number of imide groups is 1. The lowest BCUT2D eigenvalue weighted by Crippen LogP contribution is -2.44. The number of carbonyl (C=O) groups excluding carboxylic acids is 3. The van der Waals surface area contributed by atoms with Gasteiger partial charge < -0.3 is 0 Å². The fourth-order valence-corrected chi connectivity index (χ4v) is 5.12. The Morgan fingerprint density at radius 1 is 1.04 bits per heavy atom. The van der Waals surface area contributed by atoms with Crippen LogP contribution in [0.5, 0.6) is 0 Å². The molecule has 2 fully saturated rings. The van der Waals surface area contributed by atoms with E-state index in [1.165, 1.54) is 16.2 Å². The predicted molar refractivity (Wildman–Crippen MR) is 83.1 cm³/mol. The first kappa shape index (κ1) is 13.1. The third-order valence-corrected chi connectivity index (χ3v) is 6.06. The fourth-order valence-electron chi connectivity index (χ4n) is 4.47. The number of rotatable bonds is 1. The Balaban J connectivity index is 1.69. The third-order valence-electron chi connectivity index (χ3n) is 5.30. The van der Waals surface area contributed by atoms with Crippen molar-refractivity contribution in [3.05, 3.63) is 47.0 Å². The van der Waals surface area contributed by atoms with Crippen molar-refractivity contribution in [1.29, 1.82) is 0 Å². The first-order valence-electron chi connectivity index (χ1n) is 7.57. The van der Waals surface area contributed by atoms with E-state index in [1.807, 2.05) is 24.3 Å². The summed E-state index contributed by atoms with van der Waals surface area (Å²) >= 11 is 1.27. The van der Waals surface area contributed by atoms with Gasteiger partial charge in [0, 0.05) is 23.9 Å². The van der Waals surface area contributed by atoms with Crippen LogP contribution < -0.4 is 4.90 Å². The lowest BCUT2D eigenvalue weighted by molar-refractivity contribution is -0.134. The number of aromatic nitrogens is 1. The lowest BCUT2D eigenvalue weighted by Gasteiger charge is -2.43. The number of hydrogen-bond donors (Lipinski definition) is 0. The number of amides is 2. The standard InChI is InChI=1S/C17H12N2O3S/c20-11-7-10-8-3-1-2-4-9(8)12(11)14-13(10)15(21)19(16(14)22)17-18-5-6-23-17/h1-6,10,12-14H,7H2/t10-,12+,13+,14+/m0/s1. The normalized spacial score (nSPS) is 31.5. The molecule has 0 spiro atoms. The van der Waals surface area contributed by atoms with E-state index in [0.29, 0.717) is 11.6 Å². The van der Waals surface area contributed by atoms with Crippen molar-refractivity contribution in [2.45, 2.75) is 18.3 Å². The van der Waals surface area contributed by atoms with E-state index in [2.05, 4.69) is 4.98 Å². The second kappa shape index (κ2) is 4.35. The molecule has 6 rings (SSSR count). The summed E-state index contributed by atoms with van der Waals surface area (Å²) in [6.45, 7) is 0. The Hall–Kier alpha value is -2.34. The minimum absolute atomic E-state index is 0.0806. The topological polar surface area (TPSA) is 67.3 Å². The minimum Gasteiger partial charge on any atom is -0.299 e. The molecule has 2 bridgehead atoms. The van der Waals surface area contributed by atoms with E-state index in [-0.39, 0.29) is 23.5 Å². The van der Waals surface area contributed by atoms with Gasteiger partial charge in [-0.2, -0.15) is 0 Å². The maximum absolute atomic E-state index is 12.9. The monoisotopic (exact) mass is 324 g/mol. The second-order valence-electron chi connectivity index (χ2n) is 6.26. The summed E-state index contributed by atoms with van der Waals surface area (Å²) in [5, 5.41) is 2.15. The van der Waals surface area contributed by atoms with E-state index in [1.54, 1.807) is 11.6 Å². The van der Waals surface area contributed by atoms with Crippen LogP contribution in [0, 0.1) is 11.8 Å². The van der Waals surface area contributed by atoms with Gasteiger partial charge in [-0.25, -0.2) is 9.88 Å². The molecule has 0 radical (unpaired) electrons. The van der Waals surface area contributed by atoms with E-state index >= 15 is 0 Å². The Kier molecular flexibility index (Phi) is 2.48. The van der Waals surface area contributed by atoms with E-state index < -0.39 is 17.8 Å². The van der Waals surface area contributed by atoms with Crippen molar-refractivity contribution in [1.82, 2.24) is 4.98 Å². The van der Waals surface area contributed by atoms with Crippen molar-refractivity contribution >= 4 is 34.1 Å². The third kappa shape index (κ3) is 1.51. The van der Waals surface area contributed by atoms with Crippen molar-refractivity contribution in [2.75, 3.05) is 4.90 Å². The lowest BCUT2D eigenvalue weighted by atomic mass is 9.56. The molecule has 0 unspecified atom stereocenters. The van der Waals surface area contributed by atoms with Crippen molar-refractivity contribution in [3.63, 3.8) is 0 Å². The van der Waals surface area contributed by atoms with Crippen LogP contribution >= 0.6 is 11.3 Å². The Labute approximate surface area is 135 Å². The number of fused-ring (bicyclic) bond motifs is 1. The molecule has 2 heterocycles. The summed E-state index contributed by atoms with van der Waals surface area (Å²) < 4.78 is 0. The number of ketones is 1. The molecule has 2 aromatic rings. The molecule has 1 saturated heterocycles. The van der Waals surface area contributed by atoms with Crippen LogP contribution in [0.3, 0.4) is 0 Å². The van der Waals surface area contributed by atoms with Crippen LogP contribution in [-0.4, -0.2) is 22.6 Å². The average Bonchev–Trinajstić information content (AvgIpc) is 3.16. The maximum atomic E-state index is 12.9. The molecule has 2 amide bonds. The van der Waals surface area contributed by atoms with Crippen molar-refractivity contribution < 1.29 is 14.4 Å². The van der Waals surface area contributed by atoms with Gasteiger partial charge in [0.25, 0.3) is 0 Å². The molecular formula is C17H12N2O3S. The van der Waals surface area contributed by atoms with Crippen molar-refractivity contribution in [2.24, 2.45) is 11.8 Å². The molecule has 6 heteroatoms. The summed E-state index contributed by atoms with van der Waals surface area (Å²) in [5.74, 6) is -2.05. The Bertz CT molecular complexity index is 860. The predicted octanol–water partition coefficient (Wildman–Crippen LogP) is 2.10. The quantitative estimate of drug-likeness (QED) is 0.754. The van der Waals surface area contributed by atoms with Gasteiger partial charge in [0.15, 0.2) is 5.13 Å². The van der Waals surface area contributed by atoms with Crippen molar-refractivity contribution in [3.8, 4) is 0 Å². The zero-order valence-corrected chi connectivity index (χ0v) is 12.8. The SMILES string of the molecule is O=C1C[C@H]2c3ccccc3[C@H]1[C@H]1C(=O)N(c3nccs3)C(=O)[C@@H]12. The van der Waals surface area contributed by atoms with Crippen LogP contribution in [0.2, 0.25) is 0 Å². The van der Waals surface area contributed by atoms with Gasteiger partial charge in [0.1, 0.15) is 5.78 Å². The number of nitrogens with zero attached hydrogens (tertiary/aromatic N) is 2. The number of hydrogen-bond acceptors (Lipinski definition) is 5. The first-order valence-corrected chi connectivity index (χ1v) is 8.45. The summed E-state index contributed by atoms with van der Waals surface area (Å²) in [4.78, 5) is 43.7. The van der Waals surface area contributed by atoms with E-state index in [0.717, 1.165) is 11.1 Å². The average molecular weight is 324 g/mol. The number of thiazole rings is 1. The summed E-state index contributed by atoms with van der Waals surface area (Å²) in [7, 11) is 0. The van der Waals surface area contributed by atoms with Crippen LogP contribution in [-0.2, 0) is 14.4 Å². The molecule has 1 aromatic carbocycles. The zero-order valence-electron chi connectivity index (χ0n) is 12.0. The van der Waals surface area contributed by atoms with Gasteiger partial charge in [-0.15, -0.1) is 11.3 Å². The fraction of sp³-hybridized carbons (Fsp3) is 0.294. The highest BCUT2D eigenvalue weighted by Crippen LogP contribution is 2.57. The van der Waals surface area contributed by atoms with Gasteiger partial charge >= 0.3 is 0 Å². The van der Waals surface area contributed by atoms with E-state index in [9.17, 15) is 14.4 Å². The van der Waals surface area contributed by atoms with Crippen LogP contribution in [0.25, 0.3) is 0 Å². The maximum Gasteiger partial charge on any atom is 0.240 e. The molecule has 1 saturated carbocycles. The van der Waals surface area contributed by atoms with Gasteiger partial charge in [-0.05, 0) is 11.1 Å². The molecule has 3 aliphatic carbocycles. The molecule has 114 valence electrons. The van der Waals surface area contributed by atoms with Gasteiger partial charge in [0.2, 0.25) is 11.8 Å². The number of carbonyl (C=O) groups is 3. The highest BCUT2D eigenvalue weighted by molar-refractivity contribution is 7.14. The second-order valence-corrected chi connectivity index (χ2v) is 7.13. The Morgan fingerprint density at radius 2 is 1.78 bits per heavy atom. The van der Waals surface area contributed by atoms with Crippen LogP contribution in [0.15, 0.2) is 35.8 Å². The van der Waals surface area contributed by atoms with E-state index in [4.69, 9.17) is 0 Å². The summed E-state index contributed by atoms with van der Waals surface area (Å²) in [6, 6.07) is 7.73. The number of benzene rings is 1. The van der Waals surface area contributed by atoms with Gasteiger partial charge in [-0.1, -0.05) is 24.3 Å². The molecule has 23 heavy (non-hydrogen) atoms. The molecule has 5 nitrogen and oxygen atoms in total. The summed E-state index contributed by atoms with van der Waals surface area (Å²) in [6.07, 6.45) is 1.94. The summed E-state index contributed by atoms with van der Waals surface area (Å²) in [5.41, 5.74) is 1.98. The van der Waals surface area contributed by atoms with Crippen LogP contribution in [0.1, 0.15) is 29.4 Å². The number of Topliss-reactive ketones (excluding diaryl/α,β-unsaturated/α-hetero) is 1. The molecule has 1 aliphatic heterocycles. The molecule has 0 N–H and O–H groups in total. The Morgan fingerprint density at radius 3 is 2.52 bits per heavy atom. The van der Waals surface area contributed by atoms with Crippen LogP contribution in [0.4, 0.5) is 5.13 Å². The largest absolute Gasteiger partial charge is 0.299 e. The molecular weight excluding hydrogens is 312 g/mol. The highest BCUT2D eigenvalue weighted by Gasteiger charge is 2.63. The smallest absolute Gasteiger partial charge is 0.240 e. The zero-order chi connectivity index (χ0) is 15.7. The van der Waals surface area contributed by atoms with Gasteiger partial charge in [0.05, 0.1) is 17.8 Å². The molecule has 1 aromatic heterocycles. The first-order chi connectivity index (χ1) is 11.2.